The largest absolute Gasteiger partial charge is 0.497 e. The van der Waals surface area contributed by atoms with Gasteiger partial charge in [0.15, 0.2) is 29.1 Å². The van der Waals surface area contributed by atoms with Crippen molar-refractivity contribution in [2.45, 2.75) is 73.9 Å². The number of aryl methyl sites for hydroxylation is 5. The molecule has 35 heteroatoms. The quantitative estimate of drug-likeness (QED) is 0.0616. The summed E-state index contributed by atoms with van der Waals surface area (Å²) in [7, 11) is 6.10. The molecule has 12 aromatic heterocycles. The van der Waals surface area contributed by atoms with E-state index in [1.807, 2.05) is 78.4 Å². The highest BCUT2D eigenvalue weighted by Crippen LogP contribution is 2.37. The summed E-state index contributed by atoms with van der Waals surface area (Å²) in [5, 5.41) is 23.0. The van der Waals surface area contributed by atoms with Gasteiger partial charge in [-0.1, -0.05) is 48.0 Å². The molecule has 0 saturated heterocycles. The van der Waals surface area contributed by atoms with Crippen LogP contribution in [0.25, 0.3) is 84.1 Å². The van der Waals surface area contributed by atoms with Gasteiger partial charge < -0.3 is 62.3 Å². The van der Waals surface area contributed by atoms with E-state index in [9.17, 15) is 28.8 Å². The van der Waals surface area contributed by atoms with Crippen molar-refractivity contribution in [2.75, 3.05) is 48.1 Å². The van der Waals surface area contributed by atoms with Crippen LogP contribution in [0.15, 0.2) is 141 Å². The van der Waals surface area contributed by atoms with Gasteiger partial charge in [0.05, 0.1) is 140 Å². The van der Waals surface area contributed by atoms with Crippen molar-refractivity contribution in [1.29, 1.82) is 0 Å². The molecule has 18 rings (SSSR count). The van der Waals surface area contributed by atoms with Crippen molar-refractivity contribution in [1.82, 2.24) is 123 Å². The number of H-pyrrole nitrogens is 3. The van der Waals surface area contributed by atoms with Crippen molar-refractivity contribution in [2.24, 2.45) is 0 Å². The molecule has 0 bridgehead atoms. The second-order valence-electron chi connectivity index (χ2n) is 26.6. The van der Waals surface area contributed by atoms with E-state index in [1.54, 1.807) is 39.0 Å². The molecule has 3 aromatic carbocycles. The number of benzene rings is 3. The Balaban J connectivity index is 0.000000127. The van der Waals surface area contributed by atoms with Crippen LogP contribution in [0.3, 0.4) is 0 Å². The van der Waals surface area contributed by atoms with Crippen LogP contribution in [0, 0.1) is 34.6 Å². The first-order chi connectivity index (χ1) is 54.4. The number of ketones is 3. The molecular weight excluding hydrogens is 1440 g/mol. The minimum Gasteiger partial charge on any atom is -0.497 e. The first-order valence-corrected chi connectivity index (χ1v) is 35.5. The van der Waals surface area contributed by atoms with E-state index < -0.39 is 35.1 Å². The third-order valence-electron chi connectivity index (χ3n) is 19.8. The minimum absolute atomic E-state index is 0.188. The van der Waals surface area contributed by atoms with Crippen LogP contribution in [0.1, 0.15) is 77.1 Å². The maximum Gasteiger partial charge on any atom is 0.295 e. The third-order valence-corrected chi connectivity index (χ3v) is 19.8. The Kier molecular flexibility index (Phi) is 18.8. The molecule has 0 saturated carbocycles. The average molecular weight is 1510 g/mol. The summed E-state index contributed by atoms with van der Waals surface area (Å²) in [6.45, 7) is 12.8. The van der Waals surface area contributed by atoms with Gasteiger partial charge in [-0.3, -0.25) is 28.8 Å². The average Bonchev–Trinajstić information content (AvgIpc) is 1.60. The molecule has 3 amide bonds. The number of imidazole rings is 2. The summed E-state index contributed by atoms with van der Waals surface area (Å²) in [6, 6.07) is 23.9. The number of carbonyl (C=O) groups is 6. The Hall–Kier alpha value is -14.7. The lowest BCUT2D eigenvalue weighted by atomic mass is 10.1. The van der Waals surface area contributed by atoms with Crippen LogP contribution in [0.4, 0.5) is 0 Å². The molecule has 3 aliphatic heterocycles. The molecular formula is C77H71N25O10. The molecule has 3 aliphatic rings. The predicted molar refractivity (Wildman–Crippen MR) is 403 cm³/mol. The van der Waals surface area contributed by atoms with Gasteiger partial charge in [-0.2, -0.15) is 15.3 Å². The number of fused-ring (bicyclic) bond motifs is 6. The number of carbonyl (C=O) groups excluding carboxylic acids is 6. The Morgan fingerprint density at radius 1 is 0.402 bits per heavy atom. The number of amides is 3. The van der Waals surface area contributed by atoms with E-state index in [2.05, 4.69) is 109 Å². The first kappa shape index (κ1) is 71.6. The van der Waals surface area contributed by atoms with Crippen LogP contribution in [-0.4, -0.2) is 206 Å². The normalized spacial score (nSPS) is 13.1. The van der Waals surface area contributed by atoms with Crippen LogP contribution in [0.5, 0.6) is 23.0 Å². The fraction of sp³-hybridized carbons (Fsp3) is 0.234. The van der Waals surface area contributed by atoms with Crippen molar-refractivity contribution in [3.63, 3.8) is 0 Å². The van der Waals surface area contributed by atoms with Crippen LogP contribution >= 0.6 is 0 Å². The van der Waals surface area contributed by atoms with Gasteiger partial charge in [-0.25, -0.2) is 53.9 Å². The molecule has 0 aliphatic carbocycles. The number of hydrogen-bond acceptors (Lipinski definition) is 23. The monoisotopic (exact) mass is 1510 g/mol. The van der Waals surface area contributed by atoms with Gasteiger partial charge in [0.25, 0.3) is 35.1 Å². The van der Waals surface area contributed by atoms with E-state index in [4.69, 9.17) is 18.9 Å². The first-order valence-electron chi connectivity index (χ1n) is 35.5. The lowest BCUT2D eigenvalue weighted by Gasteiger charge is -2.28. The standard InChI is InChI=1S/C26H24N8O4.C26H24N8O3.C25H23N9O3/c1-15-30-14-34(31-15)25-23-22(20(38-3)12-29-25)18(10-28-23)24(35)26(36)32-8-9-33-19(11-27-21(33)13-32)16-4-6-17(37-2)7-5-16;1-15-6-4-5-7-17(15)19-11-27-21-13-32(8-9-33(19)21)26(36)24(35)18-10-28-23-22(18)20(37-3)12-29-25(23)34-14-30-16(2)31-34;1-14-5-4-6-16(9-14)23-30-29-19-12-32(7-8-33(19)23)25(36)22(35)17-10-26-21-20(17)18(37-3)11-27-24(21)34-13-28-15(2)31-34/h4-7,10-12,14,28H,8-9,13H2,1-3H3;4-7,10-12,14,28H,8-9,13H2,1-3H3;4-6,9-11,13,26H,7-8,12H2,1-3H3. The van der Waals surface area contributed by atoms with Crippen LogP contribution in [0.2, 0.25) is 0 Å². The topological polar surface area (TPSA) is 394 Å². The second kappa shape index (κ2) is 29.5. The maximum absolute atomic E-state index is 13.5. The number of aromatic amines is 3. The number of ether oxygens (including phenoxy) is 4. The summed E-state index contributed by atoms with van der Waals surface area (Å²) in [6.07, 6.45) is 17.3. The molecule has 15 heterocycles. The highest BCUT2D eigenvalue weighted by Gasteiger charge is 2.36. The molecule has 112 heavy (non-hydrogen) atoms. The summed E-state index contributed by atoms with van der Waals surface area (Å²) in [5.41, 5.74) is 9.49. The molecule has 0 spiro atoms. The highest BCUT2D eigenvalue weighted by atomic mass is 16.5. The third kappa shape index (κ3) is 13.0. The number of Topliss-reactive ketones (excluding diaryl/α,β-unsaturated/α-hetero) is 3. The van der Waals surface area contributed by atoms with Gasteiger partial charge >= 0.3 is 0 Å². The molecule has 0 radical (unpaired) electrons. The lowest BCUT2D eigenvalue weighted by molar-refractivity contribution is -0.128. The number of nitrogens with one attached hydrogen (secondary N) is 3. The number of methoxy groups -OCH3 is 4. The van der Waals surface area contributed by atoms with E-state index in [1.165, 1.54) is 101 Å². The number of hydrogen-bond donors (Lipinski definition) is 3. The molecule has 0 fully saturated rings. The predicted octanol–water partition coefficient (Wildman–Crippen LogP) is 7.67. The van der Waals surface area contributed by atoms with Crippen molar-refractivity contribution >= 4 is 67.8 Å². The van der Waals surface area contributed by atoms with Gasteiger partial charge in [-0.15, -0.1) is 10.2 Å². The molecule has 564 valence electrons. The Morgan fingerprint density at radius 3 is 1.25 bits per heavy atom. The van der Waals surface area contributed by atoms with Gasteiger partial charge in [0.1, 0.15) is 71.1 Å². The van der Waals surface area contributed by atoms with Crippen LogP contribution in [-0.2, 0) is 53.7 Å². The Bertz CT molecular complexity index is 6220. The smallest absolute Gasteiger partial charge is 0.295 e. The molecule has 0 unspecified atom stereocenters. The summed E-state index contributed by atoms with van der Waals surface area (Å²) >= 11 is 0. The summed E-state index contributed by atoms with van der Waals surface area (Å²) in [5.74, 6) is 4.07. The zero-order valence-electron chi connectivity index (χ0n) is 62.1. The summed E-state index contributed by atoms with van der Waals surface area (Å²) < 4.78 is 32.4. The van der Waals surface area contributed by atoms with Crippen molar-refractivity contribution < 1.29 is 47.7 Å². The number of rotatable bonds is 16. The number of nitrogens with zero attached hydrogens (tertiary/aromatic N) is 22. The Labute approximate surface area is 635 Å². The minimum atomic E-state index is -0.650. The maximum atomic E-state index is 13.5. The van der Waals surface area contributed by atoms with Crippen molar-refractivity contribution in [3.05, 3.63) is 204 Å². The van der Waals surface area contributed by atoms with Crippen LogP contribution < -0.4 is 18.9 Å². The van der Waals surface area contributed by atoms with E-state index >= 15 is 0 Å². The summed E-state index contributed by atoms with van der Waals surface area (Å²) in [4.78, 5) is 129. The van der Waals surface area contributed by atoms with Gasteiger partial charge in [0, 0.05) is 74.5 Å². The van der Waals surface area contributed by atoms with E-state index in [0.29, 0.717) is 136 Å². The fourth-order valence-corrected chi connectivity index (χ4v) is 14.2. The fourth-order valence-electron chi connectivity index (χ4n) is 14.2. The highest BCUT2D eigenvalue weighted by molar-refractivity contribution is 6.46. The number of pyridine rings is 3. The zero-order valence-corrected chi connectivity index (χ0v) is 62.1. The van der Waals surface area contributed by atoms with Gasteiger partial charge in [0.2, 0.25) is 0 Å². The van der Waals surface area contributed by atoms with Gasteiger partial charge in [-0.05, 0) is 70.5 Å². The van der Waals surface area contributed by atoms with E-state index in [-0.39, 0.29) is 36.3 Å². The molecule has 35 nitrogen and oxygen atoms in total. The second-order valence-corrected chi connectivity index (χ2v) is 26.6. The molecule has 15 aromatic rings. The molecule has 3 N–H and O–H groups in total. The molecule has 0 atom stereocenters. The zero-order chi connectivity index (χ0) is 77.8. The number of aromatic nitrogens is 22. The Morgan fingerprint density at radius 2 is 0.830 bits per heavy atom. The van der Waals surface area contributed by atoms with E-state index in [0.717, 1.165) is 56.6 Å². The van der Waals surface area contributed by atoms with Crippen molar-refractivity contribution in [3.8, 4) is 74.4 Å². The SMILES string of the molecule is COc1ccc(-c2cnc3n2CCN(C(=O)C(=O)c2c[nH]c4c(-n5cnc(C)n5)ncc(OC)c24)C3)cc1.COc1cnc(-n2cnc(C)n2)c2[nH]cc(C(=O)C(=O)N3CCn4c(-c5ccccc5C)cnc4C3)c12.COc1cnc(-n2cnc(C)n2)c2[nH]cc(C(=O)C(=O)N3CCn4c(nnc4-c4cccc(C)c4)C3)c12. The lowest BCUT2D eigenvalue weighted by Crippen LogP contribution is -2.42.